The fourth-order valence-electron chi connectivity index (χ4n) is 4.13. The van der Waals surface area contributed by atoms with Crippen LogP contribution < -0.4 is 20.7 Å². The van der Waals surface area contributed by atoms with Crippen molar-refractivity contribution < 1.29 is 27.9 Å². The molecule has 0 spiro atoms. The highest BCUT2D eigenvalue weighted by Gasteiger charge is 2.36. The van der Waals surface area contributed by atoms with E-state index in [2.05, 4.69) is 31.9 Å². The van der Waals surface area contributed by atoms with Gasteiger partial charge in [0, 0.05) is 6.04 Å². The van der Waals surface area contributed by atoms with Crippen LogP contribution in [0.3, 0.4) is 0 Å². The molecule has 2 aromatic heterocycles. The van der Waals surface area contributed by atoms with Gasteiger partial charge in [-0.2, -0.15) is 15.1 Å². The van der Waals surface area contributed by atoms with Crippen molar-refractivity contribution in [2.75, 3.05) is 24.3 Å². The van der Waals surface area contributed by atoms with Gasteiger partial charge in [0.25, 0.3) is 0 Å². The van der Waals surface area contributed by atoms with E-state index in [1.54, 1.807) is 36.7 Å². The number of rotatable bonds is 13. The molecule has 1 saturated carbocycles. The number of imidazole rings is 1. The number of hydrogen-bond donors (Lipinski definition) is 3. The van der Waals surface area contributed by atoms with Crippen LogP contribution in [0.2, 0.25) is 0 Å². The summed E-state index contributed by atoms with van der Waals surface area (Å²) in [6, 6.07) is 7.99. The van der Waals surface area contributed by atoms with E-state index in [4.69, 9.17) is 24.3 Å². The van der Waals surface area contributed by atoms with Gasteiger partial charge in [-0.15, -0.1) is 0 Å². The second kappa shape index (κ2) is 11.7. The largest absolute Gasteiger partial charge is 0.460 e. The van der Waals surface area contributed by atoms with E-state index in [-0.39, 0.29) is 25.4 Å². The van der Waals surface area contributed by atoms with E-state index >= 15 is 0 Å². The van der Waals surface area contributed by atoms with Crippen LogP contribution in [0, 0.1) is 0 Å². The number of anilines is 2. The molecule has 3 aromatic rings. The maximum atomic E-state index is 13.7. The summed E-state index contributed by atoms with van der Waals surface area (Å²) in [5, 5.41) is 6.01. The monoisotopic (exact) mass is 557 g/mol. The molecule has 0 bridgehead atoms. The Bertz CT molecular complexity index is 1370. The zero-order chi connectivity index (χ0) is 27.4. The van der Waals surface area contributed by atoms with Crippen LogP contribution in [0.5, 0.6) is 5.75 Å². The van der Waals surface area contributed by atoms with Crippen LogP contribution >= 0.6 is 7.75 Å². The Balaban J connectivity index is 1.26. The zero-order valence-electron chi connectivity index (χ0n) is 21.6. The van der Waals surface area contributed by atoms with Crippen LogP contribution in [0.15, 0.2) is 49.3 Å². The number of carbonyl (C=O) groups excluding carboxylic acids is 1. The van der Waals surface area contributed by atoms with Gasteiger partial charge in [0.15, 0.2) is 17.0 Å². The summed E-state index contributed by atoms with van der Waals surface area (Å²) in [4.78, 5) is 25.5. The molecule has 1 aliphatic heterocycles. The molecule has 5 rings (SSSR count). The maximum absolute atomic E-state index is 13.7. The number of aromatic nitrogens is 4. The molecule has 4 N–H and O–H groups in total. The predicted molar refractivity (Wildman–Crippen MR) is 144 cm³/mol. The van der Waals surface area contributed by atoms with Crippen LogP contribution in [-0.4, -0.2) is 56.9 Å². The number of carbonyl (C=O) groups is 1. The Morgan fingerprint density at radius 2 is 2.08 bits per heavy atom. The Morgan fingerprint density at radius 1 is 1.28 bits per heavy atom. The standard InChI is InChI=1S/C25H32N7O6P/c1-3-13-35-24(33)16(2)31-39(34,38-18-7-5-4-6-8-18)36-14-19-11-12-20(37-19)32-15-27-21-22(28-17-9-10-17)29-25(26)30-23(21)32/h3-8,15-17,19-20H,1,9-14H2,2H3,(H,31,34)(H3,26,28,29,30)/t16-,19-,20+,39-/m0/s1. The van der Waals surface area contributed by atoms with Crippen LogP contribution in [-0.2, 0) is 23.4 Å². The predicted octanol–water partition coefficient (Wildman–Crippen LogP) is 3.57. The lowest BCUT2D eigenvalue weighted by atomic mass is 10.2. The van der Waals surface area contributed by atoms with Gasteiger partial charge >= 0.3 is 13.7 Å². The van der Waals surface area contributed by atoms with E-state index in [1.807, 2.05) is 4.57 Å². The summed E-state index contributed by atoms with van der Waals surface area (Å²) in [6.45, 7) is 5.03. The number of ether oxygens (including phenoxy) is 2. The van der Waals surface area contributed by atoms with Gasteiger partial charge in [-0.3, -0.25) is 13.9 Å². The second-order valence-electron chi connectivity index (χ2n) is 9.43. The summed E-state index contributed by atoms with van der Waals surface area (Å²) in [5.74, 6) is 0.470. The van der Waals surface area contributed by atoms with Gasteiger partial charge in [-0.25, -0.2) is 9.55 Å². The molecule has 39 heavy (non-hydrogen) atoms. The van der Waals surface area contributed by atoms with E-state index in [0.717, 1.165) is 12.8 Å². The Labute approximate surface area is 225 Å². The number of nitrogens with one attached hydrogen (secondary N) is 2. The second-order valence-corrected chi connectivity index (χ2v) is 11.1. The minimum absolute atomic E-state index is 0.0322. The minimum Gasteiger partial charge on any atom is -0.460 e. The molecule has 0 amide bonds. The van der Waals surface area contributed by atoms with Crippen molar-refractivity contribution in [1.82, 2.24) is 24.6 Å². The van der Waals surface area contributed by atoms with Crippen molar-refractivity contribution >= 4 is 36.6 Å². The number of hydrogen-bond acceptors (Lipinski definition) is 11. The summed E-state index contributed by atoms with van der Waals surface area (Å²) < 4.78 is 38.2. The minimum atomic E-state index is -4.00. The van der Waals surface area contributed by atoms with Crippen molar-refractivity contribution in [3.63, 3.8) is 0 Å². The van der Waals surface area contributed by atoms with E-state index < -0.39 is 25.9 Å². The summed E-state index contributed by atoms with van der Waals surface area (Å²) >= 11 is 0. The quantitative estimate of drug-likeness (QED) is 0.159. The number of para-hydroxylation sites is 1. The number of fused-ring (bicyclic) bond motifs is 1. The molecule has 3 heterocycles. The number of esters is 1. The third-order valence-corrected chi connectivity index (χ3v) is 7.84. The lowest BCUT2D eigenvalue weighted by Crippen LogP contribution is -2.35. The highest BCUT2D eigenvalue weighted by atomic mass is 31.2. The van der Waals surface area contributed by atoms with Crippen LogP contribution in [0.25, 0.3) is 11.2 Å². The van der Waals surface area contributed by atoms with Crippen molar-refractivity contribution in [3.05, 3.63) is 49.3 Å². The first-order valence-electron chi connectivity index (χ1n) is 12.8. The Morgan fingerprint density at radius 3 is 2.82 bits per heavy atom. The van der Waals surface area contributed by atoms with Crippen molar-refractivity contribution in [1.29, 1.82) is 0 Å². The Hall–Kier alpha value is -3.51. The molecule has 4 atom stereocenters. The highest BCUT2D eigenvalue weighted by Crippen LogP contribution is 2.46. The molecule has 1 aliphatic carbocycles. The number of nitrogens with zero attached hydrogens (tertiary/aromatic N) is 4. The summed E-state index contributed by atoms with van der Waals surface area (Å²) in [6.07, 6.45) is 5.78. The Kier molecular flexibility index (Phi) is 8.12. The molecule has 208 valence electrons. The van der Waals surface area contributed by atoms with Gasteiger partial charge < -0.3 is 25.0 Å². The molecule has 14 heteroatoms. The van der Waals surface area contributed by atoms with Gasteiger partial charge in [0.1, 0.15) is 24.6 Å². The number of nitrogens with two attached hydrogens (primary N) is 1. The molecule has 0 unspecified atom stereocenters. The normalized spacial score (nSPS) is 21.3. The third-order valence-electron chi connectivity index (χ3n) is 6.20. The summed E-state index contributed by atoms with van der Waals surface area (Å²) in [7, 11) is -4.00. The molecule has 1 saturated heterocycles. The van der Waals surface area contributed by atoms with E-state index in [9.17, 15) is 9.36 Å². The first-order chi connectivity index (χ1) is 18.8. The number of benzene rings is 1. The van der Waals surface area contributed by atoms with Crippen molar-refractivity contribution in [2.24, 2.45) is 0 Å². The first kappa shape index (κ1) is 27.1. The maximum Gasteiger partial charge on any atom is 0.459 e. The number of nitrogen functional groups attached to an aromatic ring is 1. The van der Waals surface area contributed by atoms with Crippen LogP contribution in [0.1, 0.15) is 38.8 Å². The smallest absolute Gasteiger partial charge is 0.459 e. The molecular weight excluding hydrogens is 525 g/mol. The van der Waals surface area contributed by atoms with Gasteiger partial charge in [0.05, 0.1) is 19.0 Å². The fraction of sp³-hybridized carbons (Fsp3) is 0.440. The van der Waals surface area contributed by atoms with Crippen molar-refractivity contribution in [2.45, 2.75) is 57.0 Å². The average Bonchev–Trinajstić information content (AvgIpc) is 3.43. The average molecular weight is 558 g/mol. The zero-order valence-corrected chi connectivity index (χ0v) is 22.5. The lowest BCUT2D eigenvalue weighted by molar-refractivity contribution is -0.144. The first-order valence-corrected chi connectivity index (χ1v) is 14.3. The molecule has 13 nitrogen and oxygen atoms in total. The fourth-order valence-corrected chi connectivity index (χ4v) is 5.65. The molecule has 0 radical (unpaired) electrons. The molecular formula is C25H32N7O6P. The SMILES string of the molecule is C=CCOC(=O)[C@H](C)N[P@](=O)(OC[C@@H]1CC[C@H](n2cnc3c(NC4CC4)nc(N)nc32)O1)Oc1ccccc1. The van der Waals surface area contributed by atoms with Gasteiger partial charge in [0.2, 0.25) is 5.95 Å². The third kappa shape index (κ3) is 6.74. The van der Waals surface area contributed by atoms with Crippen molar-refractivity contribution in [3.8, 4) is 5.75 Å². The van der Waals surface area contributed by atoms with E-state index in [0.29, 0.717) is 41.6 Å². The van der Waals surface area contributed by atoms with Gasteiger partial charge in [-0.1, -0.05) is 30.9 Å². The highest BCUT2D eigenvalue weighted by molar-refractivity contribution is 7.52. The lowest BCUT2D eigenvalue weighted by Gasteiger charge is -2.24. The topological polar surface area (TPSA) is 165 Å². The van der Waals surface area contributed by atoms with E-state index in [1.165, 1.54) is 13.0 Å². The molecule has 1 aromatic carbocycles. The summed E-state index contributed by atoms with van der Waals surface area (Å²) in [5.41, 5.74) is 7.17. The van der Waals surface area contributed by atoms with Gasteiger partial charge in [-0.05, 0) is 44.7 Å². The molecule has 2 fully saturated rings. The molecule has 2 aliphatic rings. The van der Waals surface area contributed by atoms with Crippen LogP contribution in [0.4, 0.5) is 11.8 Å².